The van der Waals surface area contributed by atoms with Crippen molar-refractivity contribution in [3.63, 3.8) is 0 Å². The number of hydrogen-bond acceptors (Lipinski definition) is 4. The molecular weight excluding hydrogens is 446 g/mol. The summed E-state index contributed by atoms with van der Waals surface area (Å²) in [7, 11) is 0. The summed E-state index contributed by atoms with van der Waals surface area (Å²) in [5, 5.41) is 2.07. The zero-order chi connectivity index (χ0) is 24.7. The molecule has 36 heavy (non-hydrogen) atoms. The number of carbonyl (C=O) groups excluding carboxylic acids is 1. The summed E-state index contributed by atoms with van der Waals surface area (Å²) < 4.78 is 11.9. The van der Waals surface area contributed by atoms with E-state index in [-0.39, 0.29) is 5.78 Å². The van der Waals surface area contributed by atoms with E-state index in [0.717, 1.165) is 39.9 Å². The molecule has 0 amide bonds. The molecule has 1 fully saturated rings. The van der Waals surface area contributed by atoms with Crippen molar-refractivity contribution in [2.24, 2.45) is 0 Å². The highest BCUT2D eigenvalue weighted by Crippen LogP contribution is 2.36. The van der Waals surface area contributed by atoms with Crippen LogP contribution < -0.4 is 9.47 Å². The fourth-order valence-electron chi connectivity index (χ4n) is 4.99. The third-order valence-corrected chi connectivity index (χ3v) is 6.85. The lowest BCUT2D eigenvalue weighted by molar-refractivity contribution is 0.103. The molecular formula is C32H33NO3. The van der Waals surface area contributed by atoms with Crippen LogP contribution in [0.5, 0.6) is 11.5 Å². The van der Waals surface area contributed by atoms with Gasteiger partial charge in [-0.3, -0.25) is 9.69 Å². The number of benzene rings is 4. The Morgan fingerprint density at radius 1 is 0.806 bits per heavy atom. The second-order valence-corrected chi connectivity index (χ2v) is 9.27. The topological polar surface area (TPSA) is 38.8 Å². The Bertz CT molecular complexity index is 1310. The number of rotatable bonds is 9. The lowest BCUT2D eigenvalue weighted by Gasteiger charge is -2.26. The van der Waals surface area contributed by atoms with Crippen molar-refractivity contribution >= 4 is 16.6 Å². The highest BCUT2D eigenvalue weighted by molar-refractivity contribution is 6.17. The smallest absolute Gasteiger partial charge is 0.193 e. The summed E-state index contributed by atoms with van der Waals surface area (Å²) in [6.45, 7) is 6.55. The van der Waals surface area contributed by atoms with Gasteiger partial charge in [-0.15, -0.1) is 0 Å². The van der Waals surface area contributed by atoms with Crippen LogP contribution in [0.4, 0.5) is 0 Å². The molecule has 0 saturated carbocycles. The van der Waals surface area contributed by atoms with E-state index in [9.17, 15) is 4.79 Å². The first-order valence-electron chi connectivity index (χ1n) is 13.0. The van der Waals surface area contributed by atoms with Crippen LogP contribution >= 0.6 is 0 Å². The minimum atomic E-state index is 0.0103. The van der Waals surface area contributed by atoms with E-state index in [4.69, 9.17) is 9.47 Å². The first-order chi connectivity index (χ1) is 17.7. The molecule has 5 rings (SSSR count). The minimum Gasteiger partial charge on any atom is -0.494 e. The summed E-state index contributed by atoms with van der Waals surface area (Å²) in [6, 6.07) is 27.6. The van der Waals surface area contributed by atoms with Crippen LogP contribution in [-0.2, 0) is 0 Å². The lowest BCUT2D eigenvalue weighted by Crippen LogP contribution is -2.33. The molecule has 0 unspecified atom stereocenters. The maximum Gasteiger partial charge on any atom is 0.193 e. The molecule has 0 bridgehead atoms. The van der Waals surface area contributed by atoms with Crippen molar-refractivity contribution in [3.05, 3.63) is 96.1 Å². The number of nitrogens with zero attached hydrogens (tertiary/aromatic N) is 1. The quantitative estimate of drug-likeness (QED) is 0.242. The first kappa shape index (κ1) is 24.1. The lowest BCUT2D eigenvalue weighted by atomic mass is 9.89. The number of fused-ring (bicyclic) bond motifs is 1. The Labute approximate surface area is 213 Å². The second-order valence-electron chi connectivity index (χ2n) is 9.27. The summed E-state index contributed by atoms with van der Waals surface area (Å²) in [5.41, 5.74) is 3.26. The highest BCUT2D eigenvalue weighted by Gasteiger charge is 2.18. The van der Waals surface area contributed by atoms with Crippen LogP contribution in [0.3, 0.4) is 0 Å². The van der Waals surface area contributed by atoms with E-state index in [1.54, 1.807) is 0 Å². The molecule has 184 valence electrons. The molecule has 1 saturated heterocycles. The highest BCUT2D eigenvalue weighted by atomic mass is 16.5. The van der Waals surface area contributed by atoms with Gasteiger partial charge in [0.15, 0.2) is 5.78 Å². The summed E-state index contributed by atoms with van der Waals surface area (Å²) in [4.78, 5) is 16.1. The predicted octanol–water partition coefficient (Wildman–Crippen LogP) is 7.00. The normalized spacial score (nSPS) is 14.0. The van der Waals surface area contributed by atoms with Gasteiger partial charge in [0.1, 0.15) is 18.1 Å². The average molecular weight is 480 g/mol. The van der Waals surface area contributed by atoms with E-state index in [0.29, 0.717) is 24.3 Å². The number of likely N-dealkylation sites (tertiary alicyclic amines) is 1. The number of ketones is 1. The first-order valence-corrected chi connectivity index (χ1v) is 13.0. The van der Waals surface area contributed by atoms with Gasteiger partial charge in [0.2, 0.25) is 0 Å². The molecule has 0 aliphatic carbocycles. The Balaban J connectivity index is 1.47. The van der Waals surface area contributed by atoms with Crippen LogP contribution in [0, 0.1) is 0 Å². The Morgan fingerprint density at radius 3 is 2.28 bits per heavy atom. The number of ether oxygens (including phenoxy) is 2. The minimum absolute atomic E-state index is 0.0103. The van der Waals surface area contributed by atoms with Gasteiger partial charge in [-0.1, -0.05) is 61.0 Å². The molecule has 0 atom stereocenters. The van der Waals surface area contributed by atoms with Crippen molar-refractivity contribution in [1.82, 2.24) is 4.90 Å². The number of hydrogen-bond donors (Lipinski definition) is 0. The van der Waals surface area contributed by atoms with Crippen LogP contribution in [0.15, 0.2) is 84.9 Å². The fraction of sp³-hybridized carbons (Fsp3) is 0.281. The Hall–Kier alpha value is -3.63. The molecule has 4 aromatic rings. The zero-order valence-corrected chi connectivity index (χ0v) is 20.9. The number of carbonyl (C=O) groups is 1. The van der Waals surface area contributed by atoms with Crippen LogP contribution in [0.2, 0.25) is 0 Å². The molecule has 0 aromatic heterocycles. The zero-order valence-electron chi connectivity index (χ0n) is 20.9. The fourth-order valence-corrected chi connectivity index (χ4v) is 4.99. The van der Waals surface area contributed by atoms with Crippen molar-refractivity contribution < 1.29 is 14.3 Å². The Kier molecular flexibility index (Phi) is 7.63. The van der Waals surface area contributed by atoms with Gasteiger partial charge in [0.05, 0.1) is 6.61 Å². The van der Waals surface area contributed by atoms with Crippen LogP contribution in [0.1, 0.15) is 42.1 Å². The van der Waals surface area contributed by atoms with Crippen molar-refractivity contribution in [1.29, 1.82) is 0 Å². The molecule has 0 N–H and O–H groups in total. The second kappa shape index (κ2) is 11.4. The van der Waals surface area contributed by atoms with Gasteiger partial charge in [-0.05, 0) is 79.5 Å². The third-order valence-electron chi connectivity index (χ3n) is 6.85. The van der Waals surface area contributed by atoms with E-state index < -0.39 is 0 Å². The molecule has 4 heteroatoms. The van der Waals surface area contributed by atoms with Gasteiger partial charge in [0, 0.05) is 23.2 Å². The Morgan fingerprint density at radius 2 is 1.53 bits per heavy atom. The third kappa shape index (κ3) is 5.44. The molecule has 1 heterocycles. The standard InChI is InChI=1S/C32H33NO3/c1-2-35-28-17-11-24-14-18-29(32(34)26-9-5-3-6-10-26)31(30(24)23-28)25-12-15-27(16-13-25)36-22-21-33-19-7-4-8-20-33/h3,5-6,9-18,23H,2,4,7-8,19-22H2,1H3. The maximum atomic E-state index is 13.6. The maximum absolute atomic E-state index is 13.6. The average Bonchev–Trinajstić information content (AvgIpc) is 2.94. The molecule has 1 aliphatic heterocycles. The van der Waals surface area contributed by atoms with Gasteiger partial charge in [0.25, 0.3) is 0 Å². The van der Waals surface area contributed by atoms with E-state index in [2.05, 4.69) is 23.1 Å². The van der Waals surface area contributed by atoms with Crippen LogP contribution in [0.25, 0.3) is 21.9 Å². The SMILES string of the molecule is CCOc1ccc2ccc(C(=O)c3ccccc3)c(-c3ccc(OCCN4CCCCC4)cc3)c2c1. The van der Waals surface area contributed by atoms with E-state index in [1.807, 2.05) is 73.7 Å². The summed E-state index contributed by atoms with van der Waals surface area (Å²) >= 11 is 0. The monoisotopic (exact) mass is 479 g/mol. The molecule has 1 aliphatic rings. The van der Waals surface area contributed by atoms with Crippen molar-refractivity contribution in [2.75, 3.05) is 32.8 Å². The largest absolute Gasteiger partial charge is 0.494 e. The molecule has 4 nitrogen and oxygen atoms in total. The molecule has 0 radical (unpaired) electrons. The van der Waals surface area contributed by atoms with Crippen LogP contribution in [-0.4, -0.2) is 43.5 Å². The van der Waals surface area contributed by atoms with Crippen molar-refractivity contribution in [2.45, 2.75) is 26.2 Å². The summed E-state index contributed by atoms with van der Waals surface area (Å²) in [6.07, 6.45) is 3.91. The van der Waals surface area contributed by atoms with Gasteiger partial charge in [-0.2, -0.15) is 0 Å². The molecule has 0 spiro atoms. The molecule has 4 aromatic carbocycles. The van der Waals surface area contributed by atoms with Crippen molar-refractivity contribution in [3.8, 4) is 22.6 Å². The van der Waals surface area contributed by atoms with Gasteiger partial charge >= 0.3 is 0 Å². The van der Waals surface area contributed by atoms with Gasteiger partial charge in [-0.25, -0.2) is 0 Å². The van der Waals surface area contributed by atoms with Gasteiger partial charge < -0.3 is 9.47 Å². The van der Waals surface area contributed by atoms with E-state index in [1.165, 1.54) is 32.4 Å². The summed E-state index contributed by atoms with van der Waals surface area (Å²) in [5.74, 6) is 1.66. The van der Waals surface area contributed by atoms with E-state index >= 15 is 0 Å². The number of piperidine rings is 1. The predicted molar refractivity (Wildman–Crippen MR) is 146 cm³/mol.